The Kier molecular flexibility index (Phi) is 7.01. The van der Waals surface area contributed by atoms with E-state index in [1.165, 1.54) is 0 Å². The summed E-state index contributed by atoms with van der Waals surface area (Å²) >= 11 is 0. The Bertz CT molecular complexity index is 768. The molecule has 2 N–H and O–H groups in total. The first kappa shape index (κ1) is 19.0. The Balaban J connectivity index is 2.17. The highest BCUT2D eigenvalue weighted by molar-refractivity contribution is 6.00. The summed E-state index contributed by atoms with van der Waals surface area (Å²) in [6.07, 6.45) is 2.49. The van der Waals surface area contributed by atoms with Crippen molar-refractivity contribution >= 4 is 22.5 Å². The second kappa shape index (κ2) is 9.22. The molecule has 0 aliphatic carbocycles. The number of carbonyl (C=O) groups excluding carboxylic acids is 1. The van der Waals surface area contributed by atoms with Crippen LogP contribution in [-0.4, -0.2) is 30.4 Å². The minimum Gasteiger partial charge on any atom is -0.382 e. The number of carbonyl (C=O) groups is 1. The maximum atomic E-state index is 12.6. The van der Waals surface area contributed by atoms with Gasteiger partial charge in [-0.1, -0.05) is 32.0 Å². The molecule has 1 aromatic heterocycles. The van der Waals surface area contributed by atoms with Crippen LogP contribution in [0.4, 0.5) is 10.5 Å². The fourth-order valence-corrected chi connectivity index (χ4v) is 2.66. The van der Waals surface area contributed by atoms with Gasteiger partial charge in [0.1, 0.15) is 0 Å². The van der Waals surface area contributed by atoms with Gasteiger partial charge in [-0.3, -0.25) is 4.79 Å². The summed E-state index contributed by atoms with van der Waals surface area (Å²) in [4.78, 5) is 24.8. The Labute approximate surface area is 148 Å². The van der Waals surface area contributed by atoms with Gasteiger partial charge in [-0.05, 0) is 25.3 Å². The first-order chi connectivity index (χ1) is 12.0. The summed E-state index contributed by atoms with van der Waals surface area (Å²) in [6, 6.07) is 7.05. The monoisotopic (exact) mass is 345 g/mol. The third-order valence-electron chi connectivity index (χ3n) is 3.76. The van der Waals surface area contributed by atoms with Crippen LogP contribution < -0.4 is 16.2 Å². The van der Waals surface area contributed by atoms with E-state index in [9.17, 15) is 9.59 Å². The minimum absolute atomic E-state index is 0.0352. The van der Waals surface area contributed by atoms with E-state index in [0.717, 1.165) is 11.8 Å². The van der Waals surface area contributed by atoms with Crippen molar-refractivity contribution in [3.8, 4) is 0 Å². The van der Waals surface area contributed by atoms with Crippen LogP contribution >= 0.6 is 0 Å². The second-order valence-corrected chi connectivity index (χ2v) is 6.37. The highest BCUT2D eigenvalue weighted by Gasteiger charge is 2.11. The number of nitrogens with one attached hydrogen (secondary N) is 2. The van der Waals surface area contributed by atoms with Crippen LogP contribution in [0.3, 0.4) is 0 Å². The molecule has 0 spiro atoms. The summed E-state index contributed by atoms with van der Waals surface area (Å²) in [7, 11) is 0. The molecule has 6 nitrogen and oxygen atoms in total. The lowest BCUT2D eigenvalue weighted by molar-refractivity contribution is 0.145. The van der Waals surface area contributed by atoms with Crippen molar-refractivity contribution < 1.29 is 9.53 Å². The molecule has 0 atom stereocenters. The van der Waals surface area contributed by atoms with Gasteiger partial charge in [-0.15, -0.1) is 0 Å². The van der Waals surface area contributed by atoms with E-state index in [0.29, 0.717) is 43.3 Å². The molecule has 1 heterocycles. The number of nitrogens with zero attached hydrogens (tertiary/aromatic N) is 1. The van der Waals surface area contributed by atoms with Gasteiger partial charge in [0, 0.05) is 43.3 Å². The number of amides is 2. The number of fused-ring (bicyclic) bond motifs is 1. The lowest BCUT2D eigenvalue weighted by Crippen LogP contribution is -2.31. The number of pyridine rings is 1. The molecule has 1 aromatic carbocycles. The van der Waals surface area contributed by atoms with Crippen molar-refractivity contribution in [2.75, 3.05) is 25.1 Å². The lowest BCUT2D eigenvalue weighted by Gasteiger charge is -2.15. The third kappa shape index (κ3) is 5.32. The van der Waals surface area contributed by atoms with E-state index in [1.807, 2.05) is 25.1 Å². The van der Waals surface area contributed by atoms with Crippen molar-refractivity contribution in [3.05, 3.63) is 40.8 Å². The summed E-state index contributed by atoms with van der Waals surface area (Å²) < 4.78 is 6.91. The molecular formula is C19H27N3O3. The Hall–Kier alpha value is -2.34. The zero-order chi connectivity index (χ0) is 18.2. The summed E-state index contributed by atoms with van der Waals surface area (Å²) in [5, 5.41) is 7.03. The number of aromatic nitrogens is 1. The molecule has 6 heteroatoms. The number of hydrogen-bond acceptors (Lipinski definition) is 3. The van der Waals surface area contributed by atoms with Crippen molar-refractivity contribution in [1.29, 1.82) is 0 Å². The highest BCUT2D eigenvalue weighted by atomic mass is 16.5. The number of rotatable bonds is 8. The smallest absolute Gasteiger partial charge is 0.319 e. The lowest BCUT2D eigenvalue weighted by atomic mass is 10.1. The summed E-state index contributed by atoms with van der Waals surface area (Å²) in [5.74, 6) is 0.333. The van der Waals surface area contributed by atoms with Gasteiger partial charge in [-0.2, -0.15) is 0 Å². The molecule has 0 saturated heterocycles. The zero-order valence-corrected chi connectivity index (χ0v) is 15.2. The van der Waals surface area contributed by atoms with Crippen LogP contribution in [0.2, 0.25) is 0 Å². The number of hydrogen-bond donors (Lipinski definition) is 2. The maximum absolute atomic E-state index is 12.6. The number of benzene rings is 1. The van der Waals surface area contributed by atoms with Crippen molar-refractivity contribution in [2.24, 2.45) is 5.92 Å². The Morgan fingerprint density at radius 1 is 1.24 bits per heavy atom. The second-order valence-electron chi connectivity index (χ2n) is 6.37. The van der Waals surface area contributed by atoms with Crippen LogP contribution in [0.25, 0.3) is 10.8 Å². The SMILES string of the molecule is CCOCCCNC(=O)Nc1cn(CC(C)C)c(=O)c2ccccc12. The van der Waals surface area contributed by atoms with Crippen LogP contribution in [0.1, 0.15) is 27.2 Å². The maximum Gasteiger partial charge on any atom is 0.319 e. The minimum atomic E-state index is -0.281. The normalized spacial score (nSPS) is 11.0. The zero-order valence-electron chi connectivity index (χ0n) is 15.2. The van der Waals surface area contributed by atoms with E-state index in [4.69, 9.17) is 4.74 Å². The fourth-order valence-electron chi connectivity index (χ4n) is 2.66. The number of urea groups is 1. The average Bonchev–Trinajstić information content (AvgIpc) is 2.58. The van der Waals surface area contributed by atoms with Crippen LogP contribution in [0.5, 0.6) is 0 Å². The molecule has 136 valence electrons. The molecule has 25 heavy (non-hydrogen) atoms. The molecule has 0 radical (unpaired) electrons. The van der Waals surface area contributed by atoms with Crippen LogP contribution in [0.15, 0.2) is 35.3 Å². The largest absolute Gasteiger partial charge is 0.382 e. The van der Waals surface area contributed by atoms with Crippen molar-refractivity contribution in [3.63, 3.8) is 0 Å². The van der Waals surface area contributed by atoms with E-state index < -0.39 is 0 Å². The van der Waals surface area contributed by atoms with Gasteiger partial charge < -0.3 is 19.9 Å². The average molecular weight is 345 g/mol. The third-order valence-corrected chi connectivity index (χ3v) is 3.76. The van der Waals surface area contributed by atoms with Gasteiger partial charge in [0.05, 0.1) is 5.69 Å². The molecule has 2 amide bonds. The van der Waals surface area contributed by atoms with E-state index in [1.54, 1.807) is 16.8 Å². The van der Waals surface area contributed by atoms with Crippen molar-refractivity contribution in [1.82, 2.24) is 9.88 Å². The van der Waals surface area contributed by atoms with Gasteiger partial charge in [-0.25, -0.2) is 4.79 Å². The van der Waals surface area contributed by atoms with E-state index in [2.05, 4.69) is 24.5 Å². The van der Waals surface area contributed by atoms with Crippen molar-refractivity contribution in [2.45, 2.75) is 33.7 Å². The molecule has 2 rings (SSSR count). The fraction of sp³-hybridized carbons (Fsp3) is 0.474. The Morgan fingerprint density at radius 2 is 1.96 bits per heavy atom. The number of anilines is 1. The molecule has 0 fully saturated rings. The van der Waals surface area contributed by atoms with Gasteiger partial charge in [0.2, 0.25) is 0 Å². The quantitative estimate of drug-likeness (QED) is 0.722. The molecule has 0 aliphatic heterocycles. The predicted octanol–water partition coefficient (Wildman–Crippen LogP) is 3.21. The predicted molar refractivity (Wildman–Crippen MR) is 101 cm³/mol. The standard InChI is InChI=1S/C19H27N3O3/c1-4-25-11-7-10-20-19(24)21-17-13-22(12-14(2)3)18(23)16-9-6-5-8-15(16)17/h5-6,8-9,13-14H,4,7,10-12H2,1-3H3,(H2,20,21,24). The topological polar surface area (TPSA) is 72.4 Å². The summed E-state index contributed by atoms with van der Waals surface area (Å²) in [5.41, 5.74) is 0.602. The Morgan fingerprint density at radius 3 is 2.64 bits per heavy atom. The van der Waals surface area contributed by atoms with Gasteiger partial charge >= 0.3 is 6.03 Å². The van der Waals surface area contributed by atoms with Crippen LogP contribution in [0, 0.1) is 5.92 Å². The molecular weight excluding hydrogens is 318 g/mol. The van der Waals surface area contributed by atoms with E-state index >= 15 is 0 Å². The van der Waals surface area contributed by atoms with Crippen LogP contribution in [-0.2, 0) is 11.3 Å². The molecule has 2 aromatic rings. The van der Waals surface area contributed by atoms with Gasteiger partial charge in [0.25, 0.3) is 5.56 Å². The molecule has 0 unspecified atom stereocenters. The van der Waals surface area contributed by atoms with Gasteiger partial charge in [0.15, 0.2) is 0 Å². The molecule has 0 saturated carbocycles. The summed E-state index contributed by atoms with van der Waals surface area (Å²) in [6.45, 7) is 8.50. The highest BCUT2D eigenvalue weighted by Crippen LogP contribution is 2.20. The first-order valence-electron chi connectivity index (χ1n) is 8.77. The molecule has 0 bridgehead atoms. The first-order valence-corrected chi connectivity index (χ1v) is 8.77. The number of ether oxygens (including phenoxy) is 1. The molecule has 0 aliphatic rings. The van der Waals surface area contributed by atoms with E-state index in [-0.39, 0.29) is 11.6 Å².